The Hall–Kier alpha value is -1.52. The molecule has 15 heavy (non-hydrogen) atoms. The van der Waals surface area contributed by atoms with E-state index in [1.807, 2.05) is 20.8 Å². The number of rotatable bonds is 4. The summed E-state index contributed by atoms with van der Waals surface area (Å²) in [7, 11) is 0. The zero-order chi connectivity index (χ0) is 11.4. The number of anilines is 1. The fraction of sp³-hybridized carbons (Fsp3) is 0.600. The SMILES string of the molecule is CCCOC(=O)Cn1nc(C)c(N)c1C. The molecule has 0 saturated carbocycles. The van der Waals surface area contributed by atoms with Gasteiger partial charge in [-0.05, 0) is 20.3 Å². The van der Waals surface area contributed by atoms with Gasteiger partial charge in [-0.1, -0.05) is 6.92 Å². The lowest BCUT2D eigenvalue weighted by Crippen LogP contribution is -2.16. The molecule has 0 aliphatic rings. The highest BCUT2D eigenvalue weighted by Crippen LogP contribution is 2.14. The van der Waals surface area contributed by atoms with Crippen LogP contribution in [0.25, 0.3) is 0 Å². The predicted molar refractivity (Wildman–Crippen MR) is 57.4 cm³/mol. The third-order valence-electron chi connectivity index (χ3n) is 2.18. The van der Waals surface area contributed by atoms with E-state index >= 15 is 0 Å². The maximum absolute atomic E-state index is 11.3. The Balaban J connectivity index is 2.64. The summed E-state index contributed by atoms with van der Waals surface area (Å²) in [6, 6.07) is 0. The van der Waals surface area contributed by atoms with Gasteiger partial charge in [0.05, 0.1) is 23.7 Å². The number of nitrogens with zero attached hydrogens (tertiary/aromatic N) is 2. The topological polar surface area (TPSA) is 70.1 Å². The van der Waals surface area contributed by atoms with E-state index in [2.05, 4.69) is 5.10 Å². The molecule has 1 rings (SSSR count). The number of nitrogen functional groups attached to an aromatic ring is 1. The molecule has 0 saturated heterocycles. The predicted octanol–water partition coefficient (Wildman–Crippen LogP) is 1.04. The van der Waals surface area contributed by atoms with Crippen molar-refractivity contribution in [3.8, 4) is 0 Å². The van der Waals surface area contributed by atoms with Crippen LogP contribution in [0.15, 0.2) is 0 Å². The second-order valence-corrected chi connectivity index (χ2v) is 3.46. The Bertz CT molecular complexity index is 358. The quantitative estimate of drug-likeness (QED) is 0.755. The second-order valence-electron chi connectivity index (χ2n) is 3.46. The van der Waals surface area contributed by atoms with Crippen LogP contribution in [-0.2, 0) is 16.1 Å². The Morgan fingerprint density at radius 3 is 2.67 bits per heavy atom. The van der Waals surface area contributed by atoms with Crippen LogP contribution in [0.1, 0.15) is 24.7 Å². The van der Waals surface area contributed by atoms with Crippen molar-refractivity contribution in [3.63, 3.8) is 0 Å². The molecule has 5 heteroatoms. The molecule has 2 N–H and O–H groups in total. The van der Waals surface area contributed by atoms with Gasteiger partial charge >= 0.3 is 5.97 Å². The van der Waals surface area contributed by atoms with Crippen molar-refractivity contribution >= 4 is 11.7 Å². The lowest BCUT2D eigenvalue weighted by atomic mass is 10.3. The minimum atomic E-state index is -0.276. The third kappa shape index (κ3) is 2.71. The zero-order valence-electron chi connectivity index (χ0n) is 9.41. The van der Waals surface area contributed by atoms with E-state index in [4.69, 9.17) is 10.5 Å². The summed E-state index contributed by atoms with van der Waals surface area (Å²) in [5.74, 6) is -0.276. The summed E-state index contributed by atoms with van der Waals surface area (Å²) >= 11 is 0. The van der Waals surface area contributed by atoms with Crippen molar-refractivity contribution in [3.05, 3.63) is 11.4 Å². The number of aryl methyl sites for hydroxylation is 1. The summed E-state index contributed by atoms with van der Waals surface area (Å²) < 4.78 is 6.53. The van der Waals surface area contributed by atoms with Crippen molar-refractivity contribution < 1.29 is 9.53 Å². The molecular formula is C10H17N3O2. The Kier molecular flexibility index (Phi) is 3.71. The lowest BCUT2D eigenvalue weighted by Gasteiger charge is -2.04. The van der Waals surface area contributed by atoms with E-state index in [0.29, 0.717) is 12.3 Å². The molecule has 1 heterocycles. The van der Waals surface area contributed by atoms with Crippen LogP contribution in [0, 0.1) is 13.8 Å². The number of esters is 1. The molecule has 0 amide bonds. The molecule has 0 fully saturated rings. The van der Waals surface area contributed by atoms with Crippen LogP contribution in [0.5, 0.6) is 0 Å². The van der Waals surface area contributed by atoms with Gasteiger partial charge in [-0.3, -0.25) is 9.48 Å². The zero-order valence-corrected chi connectivity index (χ0v) is 9.41. The van der Waals surface area contributed by atoms with Gasteiger partial charge in [-0.2, -0.15) is 5.10 Å². The maximum atomic E-state index is 11.3. The van der Waals surface area contributed by atoms with E-state index in [0.717, 1.165) is 17.8 Å². The van der Waals surface area contributed by atoms with E-state index in [9.17, 15) is 4.79 Å². The average Bonchev–Trinajstić information content (AvgIpc) is 2.43. The fourth-order valence-electron chi connectivity index (χ4n) is 1.25. The minimum Gasteiger partial charge on any atom is -0.464 e. The largest absolute Gasteiger partial charge is 0.464 e. The van der Waals surface area contributed by atoms with Crippen LogP contribution < -0.4 is 5.73 Å². The highest BCUT2D eigenvalue weighted by atomic mass is 16.5. The van der Waals surface area contributed by atoms with E-state index < -0.39 is 0 Å². The summed E-state index contributed by atoms with van der Waals surface area (Å²) in [6.45, 7) is 6.19. The van der Waals surface area contributed by atoms with Crippen molar-refractivity contribution in [1.82, 2.24) is 9.78 Å². The van der Waals surface area contributed by atoms with Gasteiger partial charge in [-0.15, -0.1) is 0 Å². The molecule has 0 aliphatic heterocycles. The number of hydrogen-bond donors (Lipinski definition) is 1. The molecule has 5 nitrogen and oxygen atoms in total. The first-order valence-electron chi connectivity index (χ1n) is 5.01. The van der Waals surface area contributed by atoms with Gasteiger partial charge in [0.2, 0.25) is 0 Å². The molecule has 0 spiro atoms. The monoisotopic (exact) mass is 211 g/mol. The van der Waals surface area contributed by atoms with Crippen molar-refractivity contribution in [1.29, 1.82) is 0 Å². The molecule has 84 valence electrons. The van der Waals surface area contributed by atoms with Gasteiger partial charge in [0, 0.05) is 0 Å². The van der Waals surface area contributed by atoms with Gasteiger partial charge in [-0.25, -0.2) is 0 Å². The highest BCUT2D eigenvalue weighted by Gasteiger charge is 2.11. The molecular weight excluding hydrogens is 194 g/mol. The van der Waals surface area contributed by atoms with Crippen LogP contribution >= 0.6 is 0 Å². The minimum absolute atomic E-state index is 0.129. The smallest absolute Gasteiger partial charge is 0.327 e. The molecule has 0 atom stereocenters. The van der Waals surface area contributed by atoms with Crippen LogP contribution in [-0.4, -0.2) is 22.4 Å². The molecule has 0 unspecified atom stereocenters. The van der Waals surface area contributed by atoms with Crippen LogP contribution in [0.4, 0.5) is 5.69 Å². The number of aromatic nitrogens is 2. The van der Waals surface area contributed by atoms with Gasteiger partial charge in [0.15, 0.2) is 0 Å². The van der Waals surface area contributed by atoms with Gasteiger partial charge in [0.1, 0.15) is 6.54 Å². The second kappa shape index (κ2) is 4.82. The third-order valence-corrected chi connectivity index (χ3v) is 2.18. The van der Waals surface area contributed by atoms with Crippen molar-refractivity contribution in [2.75, 3.05) is 12.3 Å². The summed E-state index contributed by atoms with van der Waals surface area (Å²) in [6.07, 6.45) is 0.824. The number of hydrogen-bond acceptors (Lipinski definition) is 4. The molecule has 0 aromatic carbocycles. The van der Waals surface area contributed by atoms with Crippen LogP contribution in [0.3, 0.4) is 0 Å². The number of carbonyl (C=O) groups is 1. The standard InChI is InChI=1S/C10H17N3O2/c1-4-5-15-9(14)6-13-8(3)10(11)7(2)12-13/h4-6,11H2,1-3H3. The molecule has 1 aromatic heterocycles. The summed E-state index contributed by atoms with van der Waals surface area (Å²) in [5.41, 5.74) is 7.93. The fourth-order valence-corrected chi connectivity index (χ4v) is 1.25. The van der Waals surface area contributed by atoms with E-state index in [1.165, 1.54) is 0 Å². The molecule has 0 bridgehead atoms. The number of ether oxygens (including phenoxy) is 1. The van der Waals surface area contributed by atoms with E-state index in [-0.39, 0.29) is 12.5 Å². The summed E-state index contributed by atoms with van der Waals surface area (Å²) in [5, 5.41) is 4.15. The van der Waals surface area contributed by atoms with Crippen molar-refractivity contribution in [2.24, 2.45) is 0 Å². The van der Waals surface area contributed by atoms with E-state index in [1.54, 1.807) is 4.68 Å². The number of nitrogens with two attached hydrogens (primary N) is 1. The van der Waals surface area contributed by atoms with Crippen molar-refractivity contribution in [2.45, 2.75) is 33.7 Å². The van der Waals surface area contributed by atoms with Gasteiger partial charge in [0.25, 0.3) is 0 Å². The first kappa shape index (κ1) is 11.6. The maximum Gasteiger partial charge on any atom is 0.327 e. The van der Waals surface area contributed by atoms with Crippen LogP contribution in [0.2, 0.25) is 0 Å². The molecule has 0 radical (unpaired) electrons. The first-order valence-corrected chi connectivity index (χ1v) is 5.01. The Morgan fingerprint density at radius 2 is 2.20 bits per heavy atom. The first-order chi connectivity index (χ1) is 7.06. The molecule has 1 aromatic rings. The number of carbonyl (C=O) groups excluding carboxylic acids is 1. The Morgan fingerprint density at radius 1 is 1.53 bits per heavy atom. The van der Waals surface area contributed by atoms with Gasteiger partial charge < -0.3 is 10.5 Å². The molecule has 0 aliphatic carbocycles. The Labute approximate surface area is 89.2 Å². The normalized spacial score (nSPS) is 10.3. The highest BCUT2D eigenvalue weighted by molar-refractivity contribution is 5.69. The summed E-state index contributed by atoms with van der Waals surface area (Å²) in [4.78, 5) is 11.3. The lowest BCUT2D eigenvalue weighted by molar-refractivity contribution is -0.144. The average molecular weight is 211 g/mol.